The summed E-state index contributed by atoms with van der Waals surface area (Å²) in [5.74, 6) is 0. The fourth-order valence-corrected chi connectivity index (χ4v) is 4.62. The van der Waals surface area contributed by atoms with Crippen LogP contribution in [0.15, 0.2) is 36.5 Å². The molecule has 0 radical (unpaired) electrons. The molecule has 0 aliphatic heterocycles. The van der Waals surface area contributed by atoms with Crippen LogP contribution in [0.3, 0.4) is 0 Å². The molecule has 29 heavy (non-hydrogen) atoms. The molecule has 4 nitrogen and oxygen atoms in total. The molecule has 1 aliphatic carbocycles. The van der Waals surface area contributed by atoms with Crippen molar-refractivity contribution in [3.8, 4) is 11.1 Å². The predicted molar refractivity (Wildman–Crippen MR) is 117 cm³/mol. The van der Waals surface area contributed by atoms with Gasteiger partial charge in [-0.2, -0.15) is 0 Å². The third kappa shape index (κ3) is 3.57. The third-order valence-corrected chi connectivity index (χ3v) is 6.22. The van der Waals surface area contributed by atoms with Gasteiger partial charge in [0.2, 0.25) is 0 Å². The molecule has 1 aliphatic rings. The number of aliphatic hydroxyl groups excluding tert-OH is 2. The summed E-state index contributed by atoms with van der Waals surface area (Å²) in [5.41, 5.74) is 8.03. The Morgan fingerprint density at radius 1 is 1.24 bits per heavy atom. The van der Waals surface area contributed by atoms with Gasteiger partial charge in [-0.1, -0.05) is 32.0 Å². The molecule has 150 valence electrons. The second-order valence-corrected chi connectivity index (χ2v) is 9.08. The first kappa shape index (κ1) is 19.7. The van der Waals surface area contributed by atoms with Gasteiger partial charge in [0.25, 0.3) is 0 Å². The normalized spacial score (nSPS) is 16.4. The molecule has 3 aromatic rings. The number of nitrogens with zero attached hydrogens (tertiary/aromatic N) is 2. The Morgan fingerprint density at radius 2 is 2.03 bits per heavy atom. The Bertz CT molecular complexity index is 1120. The lowest BCUT2D eigenvalue weighted by atomic mass is 9.73. The zero-order valence-corrected chi connectivity index (χ0v) is 17.4. The average molecular weight is 389 g/mol. The Morgan fingerprint density at radius 3 is 2.76 bits per heavy atom. The number of aryl methyl sites for hydroxylation is 1. The Hall–Kier alpha value is -2.61. The van der Waals surface area contributed by atoms with Crippen molar-refractivity contribution >= 4 is 16.6 Å². The van der Waals surface area contributed by atoms with Gasteiger partial charge in [0.15, 0.2) is 5.69 Å². The SMILES string of the molecule is [C-]#[N+]c1cc2c(-c3cccc4c3CCC(C)(C)C4)cn(CC(O)CO)c2cc1C. The van der Waals surface area contributed by atoms with Crippen LogP contribution < -0.4 is 0 Å². The summed E-state index contributed by atoms with van der Waals surface area (Å²) in [4.78, 5) is 3.70. The van der Waals surface area contributed by atoms with Gasteiger partial charge in [0, 0.05) is 17.3 Å². The van der Waals surface area contributed by atoms with Gasteiger partial charge in [-0.15, -0.1) is 0 Å². The molecule has 2 N–H and O–H groups in total. The Labute approximate surface area is 172 Å². The van der Waals surface area contributed by atoms with Gasteiger partial charge in [0.1, 0.15) is 0 Å². The maximum absolute atomic E-state index is 10.1. The van der Waals surface area contributed by atoms with Crippen LogP contribution in [0, 0.1) is 18.9 Å². The smallest absolute Gasteiger partial charge is 0.190 e. The van der Waals surface area contributed by atoms with Gasteiger partial charge in [-0.3, -0.25) is 0 Å². The largest absolute Gasteiger partial charge is 0.394 e. The molecule has 0 saturated carbocycles. The van der Waals surface area contributed by atoms with Crippen molar-refractivity contribution in [2.24, 2.45) is 5.41 Å². The summed E-state index contributed by atoms with van der Waals surface area (Å²) >= 11 is 0. The molecule has 2 aromatic carbocycles. The minimum Gasteiger partial charge on any atom is -0.394 e. The van der Waals surface area contributed by atoms with E-state index in [1.54, 1.807) is 0 Å². The lowest BCUT2D eigenvalue weighted by molar-refractivity contribution is 0.0822. The highest BCUT2D eigenvalue weighted by molar-refractivity contribution is 5.99. The van der Waals surface area contributed by atoms with Crippen molar-refractivity contribution in [2.45, 2.75) is 52.7 Å². The molecular weight excluding hydrogens is 360 g/mol. The van der Waals surface area contributed by atoms with Gasteiger partial charge < -0.3 is 14.8 Å². The molecule has 4 rings (SSSR count). The van der Waals surface area contributed by atoms with E-state index in [1.165, 1.54) is 16.7 Å². The molecule has 1 unspecified atom stereocenters. The monoisotopic (exact) mass is 388 g/mol. The highest BCUT2D eigenvalue weighted by Gasteiger charge is 2.27. The average Bonchev–Trinajstić information content (AvgIpc) is 3.02. The fraction of sp³-hybridized carbons (Fsp3) is 0.400. The number of aliphatic hydroxyl groups is 2. The molecule has 0 spiro atoms. The van der Waals surface area contributed by atoms with Gasteiger partial charge in [-0.25, -0.2) is 4.85 Å². The van der Waals surface area contributed by atoms with E-state index in [0.29, 0.717) is 17.6 Å². The Balaban J connectivity index is 1.94. The van der Waals surface area contributed by atoms with Crippen molar-refractivity contribution in [3.05, 3.63) is 64.6 Å². The predicted octanol–water partition coefficient (Wildman–Crippen LogP) is 5.04. The van der Waals surface area contributed by atoms with E-state index in [0.717, 1.165) is 41.3 Å². The summed E-state index contributed by atoms with van der Waals surface area (Å²) in [6, 6.07) is 10.5. The molecule has 1 heterocycles. The zero-order chi connectivity index (χ0) is 20.8. The van der Waals surface area contributed by atoms with E-state index in [4.69, 9.17) is 6.57 Å². The Kier molecular flexibility index (Phi) is 4.98. The standard InChI is InChI=1S/C25H28N2O2/c1-16-10-24-21(11-23(16)26-4)22(14-27(24)13-18(29)15-28)20-7-5-6-17-12-25(2,3)9-8-19(17)20/h5-7,10-11,14,18,28-29H,8-9,12-13,15H2,1-3H3. The van der Waals surface area contributed by atoms with Crippen LogP contribution in [0.4, 0.5) is 5.69 Å². The third-order valence-electron chi connectivity index (χ3n) is 6.22. The van der Waals surface area contributed by atoms with Crippen LogP contribution >= 0.6 is 0 Å². The van der Waals surface area contributed by atoms with Crippen LogP contribution in [0.25, 0.3) is 26.9 Å². The van der Waals surface area contributed by atoms with Crippen molar-refractivity contribution < 1.29 is 10.2 Å². The van der Waals surface area contributed by atoms with Crippen LogP contribution in [-0.2, 0) is 19.4 Å². The number of aromatic nitrogens is 1. The van der Waals surface area contributed by atoms with Crippen molar-refractivity contribution in [2.75, 3.05) is 6.61 Å². The van der Waals surface area contributed by atoms with Crippen molar-refractivity contribution in [1.29, 1.82) is 0 Å². The summed E-state index contributed by atoms with van der Waals surface area (Å²) < 4.78 is 2.01. The minimum absolute atomic E-state index is 0.274. The number of hydrogen-bond acceptors (Lipinski definition) is 2. The minimum atomic E-state index is -0.815. The number of rotatable bonds is 4. The first-order chi connectivity index (χ1) is 13.8. The fourth-order valence-electron chi connectivity index (χ4n) is 4.62. The summed E-state index contributed by atoms with van der Waals surface area (Å²) in [7, 11) is 0. The molecule has 0 fully saturated rings. The topological polar surface area (TPSA) is 49.8 Å². The number of hydrogen-bond donors (Lipinski definition) is 2. The molecule has 0 amide bonds. The van der Waals surface area contributed by atoms with Crippen LogP contribution in [0.2, 0.25) is 0 Å². The molecule has 0 bridgehead atoms. The molecule has 1 atom stereocenters. The second-order valence-electron chi connectivity index (χ2n) is 9.08. The van der Waals surface area contributed by atoms with Crippen LogP contribution in [-0.4, -0.2) is 27.5 Å². The van der Waals surface area contributed by atoms with E-state index in [-0.39, 0.29) is 6.61 Å². The molecule has 4 heteroatoms. The first-order valence-electron chi connectivity index (χ1n) is 10.2. The maximum atomic E-state index is 10.1. The maximum Gasteiger partial charge on any atom is 0.190 e. The van der Waals surface area contributed by atoms with Gasteiger partial charge in [-0.05, 0) is 71.4 Å². The molecule has 1 aromatic heterocycles. The summed E-state index contributed by atoms with van der Waals surface area (Å²) in [6.45, 7) is 14.2. The lowest BCUT2D eigenvalue weighted by Gasteiger charge is -2.32. The van der Waals surface area contributed by atoms with E-state index in [9.17, 15) is 10.2 Å². The number of fused-ring (bicyclic) bond motifs is 2. The zero-order valence-electron chi connectivity index (χ0n) is 17.4. The van der Waals surface area contributed by atoms with E-state index < -0.39 is 6.10 Å². The van der Waals surface area contributed by atoms with Crippen molar-refractivity contribution in [1.82, 2.24) is 4.57 Å². The van der Waals surface area contributed by atoms with Crippen molar-refractivity contribution in [3.63, 3.8) is 0 Å². The van der Waals surface area contributed by atoms with Crippen LogP contribution in [0.5, 0.6) is 0 Å². The van der Waals surface area contributed by atoms with E-state index >= 15 is 0 Å². The second kappa shape index (κ2) is 7.33. The van der Waals surface area contributed by atoms with Crippen LogP contribution in [0.1, 0.15) is 37.0 Å². The molecule has 0 saturated heterocycles. The van der Waals surface area contributed by atoms with E-state index in [1.807, 2.05) is 23.6 Å². The highest BCUT2D eigenvalue weighted by Crippen LogP contribution is 2.42. The highest BCUT2D eigenvalue weighted by atomic mass is 16.3. The summed E-state index contributed by atoms with van der Waals surface area (Å²) in [6.07, 6.45) is 4.54. The quantitative estimate of drug-likeness (QED) is 0.616. The van der Waals surface area contributed by atoms with Gasteiger partial charge in [0.05, 0.1) is 25.8 Å². The summed E-state index contributed by atoms with van der Waals surface area (Å²) in [5, 5.41) is 20.4. The number of benzene rings is 2. The molecular formula is C25H28N2O2. The van der Waals surface area contributed by atoms with Gasteiger partial charge >= 0.3 is 0 Å². The first-order valence-corrected chi connectivity index (χ1v) is 10.2. The lowest BCUT2D eigenvalue weighted by Crippen LogP contribution is -2.22. The van der Waals surface area contributed by atoms with E-state index in [2.05, 4.69) is 43.1 Å².